The van der Waals surface area contributed by atoms with Crippen molar-refractivity contribution in [3.05, 3.63) is 28.9 Å². The van der Waals surface area contributed by atoms with Gasteiger partial charge in [0.1, 0.15) is 11.6 Å². The molecule has 1 amide bonds. The van der Waals surface area contributed by atoms with Crippen LogP contribution in [0.5, 0.6) is 0 Å². The fraction of sp³-hybridized carbons (Fsp3) is 0.600. The molecule has 1 aliphatic carbocycles. The fourth-order valence-corrected chi connectivity index (χ4v) is 4.32. The number of Topliss-reactive ketones (excluding diaryl/α,β-unsaturated/α-hetero) is 1. The molecule has 7 nitrogen and oxygen atoms in total. The van der Waals surface area contributed by atoms with Crippen LogP contribution in [0, 0.1) is 13.8 Å². The van der Waals surface area contributed by atoms with Gasteiger partial charge >= 0.3 is 0 Å². The van der Waals surface area contributed by atoms with Crippen LogP contribution in [0.4, 0.5) is 5.82 Å². The molecular weight excluding hydrogens is 342 g/mol. The standard InChI is InChI=1S/C20H27N5O2/c1-14-12-19(22-15(2)21-14)24-10-8-23(9-11-24)13-25-17-4-3-5-18(26)16(17)6-7-20(25)27/h12H,3-11,13H2,1-2H3. The lowest BCUT2D eigenvalue weighted by molar-refractivity contribution is -0.132. The van der Waals surface area contributed by atoms with E-state index < -0.39 is 0 Å². The van der Waals surface area contributed by atoms with Gasteiger partial charge in [-0.2, -0.15) is 0 Å². The number of allylic oxidation sites excluding steroid dienone is 2. The molecule has 0 bridgehead atoms. The zero-order chi connectivity index (χ0) is 19.0. The summed E-state index contributed by atoms with van der Waals surface area (Å²) in [5.74, 6) is 2.19. The highest BCUT2D eigenvalue weighted by molar-refractivity contribution is 5.99. The van der Waals surface area contributed by atoms with Crippen LogP contribution in [0.15, 0.2) is 17.3 Å². The average Bonchev–Trinajstić information content (AvgIpc) is 2.64. The van der Waals surface area contributed by atoms with Gasteiger partial charge in [0.15, 0.2) is 5.78 Å². The molecule has 0 radical (unpaired) electrons. The van der Waals surface area contributed by atoms with E-state index in [0.717, 1.165) is 67.6 Å². The van der Waals surface area contributed by atoms with E-state index >= 15 is 0 Å². The normalized spacial score (nSPS) is 21.7. The van der Waals surface area contributed by atoms with E-state index in [1.54, 1.807) is 0 Å². The van der Waals surface area contributed by atoms with Crippen molar-refractivity contribution in [1.82, 2.24) is 19.8 Å². The number of carbonyl (C=O) groups is 2. The second kappa shape index (κ2) is 7.38. The Morgan fingerprint density at radius 1 is 0.963 bits per heavy atom. The molecule has 7 heteroatoms. The van der Waals surface area contributed by atoms with Crippen LogP contribution < -0.4 is 4.90 Å². The lowest BCUT2D eigenvalue weighted by atomic mass is 9.88. The minimum absolute atomic E-state index is 0.160. The minimum Gasteiger partial charge on any atom is -0.354 e. The number of carbonyl (C=O) groups excluding carboxylic acids is 2. The largest absolute Gasteiger partial charge is 0.354 e. The molecule has 1 aromatic rings. The third-order valence-corrected chi connectivity index (χ3v) is 5.71. The molecule has 0 atom stereocenters. The van der Waals surface area contributed by atoms with Crippen LogP contribution in [0.25, 0.3) is 0 Å². The van der Waals surface area contributed by atoms with Crippen molar-refractivity contribution in [2.45, 2.75) is 46.0 Å². The predicted molar refractivity (Wildman–Crippen MR) is 102 cm³/mol. The number of nitrogens with zero attached hydrogens (tertiary/aromatic N) is 5. The summed E-state index contributed by atoms with van der Waals surface area (Å²) in [5.41, 5.74) is 2.89. The maximum absolute atomic E-state index is 12.5. The second-order valence-corrected chi connectivity index (χ2v) is 7.68. The summed E-state index contributed by atoms with van der Waals surface area (Å²) in [7, 11) is 0. The van der Waals surface area contributed by atoms with Gasteiger partial charge in [-0.1, -0.05) is 0 Å². The van der Waals surface area contributed by atoms with Gasteiger partial charge in [0.25, 0.3) is 0 Å². The lowest BCUT2D eigenvalue weighted by Crippen LogP contribution is -2.52. The summed E-state index contributed by atoms with van der Waals surface area (Å²) in [4.78, 5) is 40.1. The van der Waals surface area contributed by atoms with Gasteiger partial charge in [0.2, 0.25) is 5.91 Å². The SMILES string of the molecule is Cc1cc(N2CCN(CN3C(=O)CCC4=C3CCCC4=O)CC2)nc(C)n1. The highest BCUT2D eigenvalue weighted by atomic mass is 16.2. The molecule has 1 saturated heterocycles. The van der Waals surface area contributed by atoms with E-state index in [0.29, 0.717) is 25.9 Å². The fourth-order valence-electron chi connectivity index (χ4n) is 4.32. The van der Waals surface area contributed by atoms with Crippen molar-refractivity contribution in [2.75, 3.05) is 37.7 Å². The third kappa shape index (κ3) is 3.74. The molecule has 0 unspecified atom stereocenters. The van der Waals surface area contributed by atoms with Crippen LogP contribution >= 0.6 is 0 Å². The first-order chi connectivity index (χ1) is 13.0. The Kier molecular flexibility index (Phi) is 4.95. The van der Waals surface area contributed by atoms with Crippen molar-refractivity contribution >= 4 is 17.5 Å². The number of hydrogen-bond donors (Lipinski definition) is 0. The zero-order valence-electron chi connectivity index (χ0n) is 16.2. The van der Waals surface area contributed by atoms with Gasteiger partial charge in [-0.15, -0.1) is 0 Å². The number of anilines is 1. The number of aromatic nitrogens is 2. The zero-order valence-corrected chi connectivity index (χ0v) is 16.2. The van der Waals surface area contributed by atoms with E-state index in [9.17, 15) is 9.59 Å². The topological polar surface area (TPSA) is 69.6 Å². The lowest BCUT2D eigenvalue weighted by Gasteiger charge is -2.41. The molecule has 1 aromatic heterocycles. The molecular formula is C20H27N5O2. The smallest absolute Gasteiger partial charge is 0.228 e. The molecule has 1 fully saturated rings. The monoisotopic (exact) mass is 369 g/mol. The van der Waals surface area contributed by atoms with Crippen molar-refractivity contribution in [3.63, 3.8) is 0 Å². The molecule has 0 aromatic carbocycles. The Balaban J connectivity index is 1.42. The van der Waals surface area contributed by atoms with Crippen LogP contribution in [0.2, 0.25) is 0 Å². The molecule has 0 N–H and O–H groups in total. The van der Waals surface area contributed by atoms with Crippen LogP contribution in [0.3, 0.4) is 0 Å². The molecule has 0 saturated carbocycles. The molecule has 0 spiro atoms. The Morgan fingerprint density at radius 2 is 1.74 bits per heavy atom. The number of piperazine rings is 1. The minimum atomic E-state index is 0.160. The first-order valence-electron chi connectivity index (χ1n) is 9.86. The Hall–Kier alpha value is -2.28. The summed E-state index contributed by atoms with van der Waals surface area (Å²) in [6.45, 7) is 8.02. The van der Waals surface area contributed by atoms with E-state index in [1.165, 1.54) is 0 Å². The van der Waals surface area contributed by atoms with Crippen molar-refractivity contribution in [2.24, 2.45) is 0 Å². The number of hydrogen-bond acceptors (Lipinski definition) is 6. The quantitative estimate of drug-likeness (QED) is 0.809. The Morgan fingerprint density at radius 3 is 2.48 bits per heavy atom. The highest BCUT2D eigenvalue weighted by Crippen LogP contribution is 2.32. The van der Waals surface area contributed by atoms with E-state index in [2.05, 4.69) is 19.8 Å². The van der Waals surface area contributed by atoms with Crippen molar-refractivity contribution < 1.29 is 9.59 Å². The van der Waals surface area contributed by atoms with Gasteiger partial charge < -0.3 is 9.80 Å². The molecule has 144 valence electrons. The molecule has 2 aliphatic heterocycles. The van der Waals surface area contributed by atoms with E-state index in [-0.39, 0.29) is 11.7 Å². The van der Waals surface area contributed by atoms with E-state index in [4.69, 9.17) is 0 Å². The van der Waals surface area contributed by atoms with E-state index in [1.807, 2.05) is 24.8 Å². The summed E-state index contributed by atoms with van der Waals surface area (Å²) in [6.07, 6.45) is 3.44. The Labute approximate surface area is 160 Å². The molecule has 3 aliphatic rings. The predicted octanol–water partition coefficient (Wildman–Crippen LogP) is 1.80. The summed E-state index contributed by atoms with van der Waals surface area (Å²) >= 11 is 0. The first kappa shape index (κ1) is 18.1. The number of ketones is 1. The summed E-state index contributed by atoms with van der Waals surface area (Å²) in [6, 6.07) is 2.03. The van der Waals surface area contributed by atoms with Gasteiger partial charge in [0.05, 0.1) is 6.67 Å². The average molecular weight is 369 g/mol. The number of aryl methyl sites for hydroxylation is 2. The number of amides is 1. The maximum atomic E-state index is 12.5. The molecule has 4 rings (SSSR count). The van der Waals surface area contributed by atoms with Crippen LogP contribution in [-0.2, 0) is 9.59 Å². The Bertz CT molecular complexity index is 775. The highest BCUT2D eigenvalue weighted by Gasteiger charge is 2.33. The second-order valence-electron chi connectivity index (χ2n) is 7.68. The van der Waals surface area contributed by atoms with Crippen LogP contribution in [-0.4, -0.2) is 64.3 Å². The maximum Gasteiger partial charge on any atom is 0.228 e. The molecule has 3 heterocycles. The van der Waals surface area contributed by atoms with Crippen LogP contribution in [0.1, 0.15) is 43.6 Å². The van der Waals surface area contributed by atoms with Gasteiger partial charge in [0, 0.05) is 62.1 Å². The first-order valence-corrected chi connectivity index (χ1v) is 9.86. The number of rotatable bonds is 3. The van der Waals surface area contributed by atoms with Crippen molar-refractivity contribution in [3.8, 4) is 0 Å². The van der Waals surface area contributed by atoms with Gasteiger partial charge in [-0.25, -0.2) is 9.97 Å². The van der Waals surface area contributed by atoms with Gasteiger partial charge in [-0.3, -0.25) is 14.5 Å². The summed E-state index contributed by atoms with van der Waals surface area (Å²) < 4.78 is 0. The molecule has 27 heavy (non-hydrogen) atoms. The van der Waals surface area contributed by atoms with Gasteiger partial charge in [-0.05, 0) is 33.1 Å². The summed E-state index contributed by atoms with van der Waals surface area (Å²) in [5, 5.41) is 0. The van der Waals surface area contributed by atoms with Crippen molar-refractivity contribution in [1.29, 1.82) is 0 Å². The third-order valence-electron chi connectivity index (χ3n) is 5.71.